The second-order valence-electron chi connectivity index (χ2n) is 7.42. The minimum atomic E-state index is -1.03. The van der Waals surface area contributed by atoms with Crippen LogP contribution in [0.2, 0.25) is 0 Å². The van der Waals surface area contributed by atoms with Gasteiger partial charge < -0.3 is 0 Å². The van der Waals surface area contributed by atoms with Crippen molar-refractivity contribution in [2.24, 2.45) is 5.92 Å². The SMILES string of the molecule is CCC[C@H]1CC[C@H](c2ccc3c(c2)C(=O)c2c-3ccc(F)c2F)CC1. The molecule has 2 aromatic carbocycles. The van der Waals surface area contributed by atoms with Crippen LogP contribution in [0.25, 0.3) is 11.1 Å². The van der Waals surface area contributed by atoms with E-state index in [1.807, 2.05) is 12.1 Å². The summed E-state index contributed by atoms with van der Waals surface area (Å²) in [5.74, 6) is -1.08. The predicted octanol–water partition coefficient (Wildman–Crippen LogP) is 6.25. The summed E-state index contributed by atoms with van der Waals surface area (Å²) in [6.45, 7) is 2.23. The molecule has 4 rings (SSSR count). The summed E-state index contributed by atoms with van der Waals surface area (Å²) in [6.07, 6.45) is 7.31. The molecular weight excluding hydrogens is 318 g/mol. The van der Waals surface area contributed by atoms with E-state index in [9.17, 15) is 13.6 Å². The fraction of sp³-hybridized carbons (Fsp3) is 0.409. The highest BCUT2D eigenvalue weighted by Crippen LogP contribution is 2.42. The molecule has 0 saturated heterocycles. The van der Waals surface area contributed by atoms with E-state index in [4.69, 9.17) is 0 Å². The van der Waals surface area contributed by atoms with Crippen molar-refractivity contribution in [2.45, 2.75) is 51.4 Å². The van der Waals surface area contributed by atoms with Gasteiger partial charge in [0.15, 0.2) is 17.4 Å². The Hall–Kier alpha value is -2.03. The monoisotopic (exact) mass is 340 g/mol. The fourth-order valence-electron chi connectivity index (χ4n) is 4.56. The number of carbonyl (C=O) groups is 1. The van der Waals surface area contributed by atoms with Crippen LogP contribution in [-0.4, -0.2) is 5.78 Å². The molecule has 0 bridgehead atoms. The third-order valence-electron chi connectivity index (χ3n) is 5.92. The number of fused-ring (bicyclic) bond motifs is 3. The van der Waals surface area contributed by atoms with Gasteiger partial charge >= 0.3 is 0 Å². The van der Waals surface area contributed by atoms with Crippen LogP contribution in [-0.2, 0) is 0 Å². The van der Waals surface area contributed by atoms with Crippen LogP contribution in [0.15, 0.2) is 30.3 Å². The Morgan fingerprint density at radius 3 is 2.40 bits per heavy atom. The third-order valence-corrected chi connectivity index (χ3v) is 5.92. The van der Waals surface area contributed by atoms with Crippen molar-refractivity contribution in [1.29, 1.82) is 0 Å². The number of halogens is 2. The molecule has 2 aromatic rings. The molecule has 1 fully saturated rings. The third kappa shape index (κ3) is 2.70. The van der Waals surface area contributed by atoms with Gasteiger partial charge in [-0.2, -0.15) is 0 Å². The van der Waals surface area contributed by atoms with E-state index in [-0.39, 0.29) is 11.3 Å². The maximum Gasteiger partial charge on any atom is 0.197 e. The Morgan fingerprint density at radius 2 is 1.68 bits per heavy atom. The number of benzene rings is 2. The van der Waals surface area contributed by atoms with Crippen LogP contribution in [0, 0.1) is 17.6 Å². The molecule has 0 amide bonds. The zero-order chi connectivity index (χ0) is 17.6. The molecule has 2 aliphatic carbocycles. The van der Waals surface area contributed by atoms with Gasteiger partial charge in [0.2, 0.25) is 0 Å². The molecule has 2 aliphatic rings. The van der Waals surface area contributed by atoms with Gasteiger partial charge in [0.25, 0.3) is 0 Å². The van der Waals surface area contributed by atoms with E-state index in [1.165, 1.54) is 31.7 Å². The molecule has 0 heterocycles. The van der Waals surface area contributed by atoms with Crippen LogP contribution >= 0.6 is 0 Å². The Labute approximate surface area is 147 Å². The Balaban J connectivity index is 1.63. The number of rotatable bonds is 3. The van der Waals surface area contributed by atoms with Gasteiger partial charge in [0.1, 0.15) is 0 Å². The molecule has 1 nitrogen and oxygen atoms in total. The minimum Gasteiger partial charge on any atom is -0.288 e. The summed E-state index contributed by atoms with van der Waals surface area (Å²) in [6, 6.07) is 8.49. The molecule has 0 N–H and O–H groups in total. The second-order valence-corrected chi connectivity index (χ2v) is 7.42. The van der Waals surface area contributed by atoms with Gasteiger partial charge in [-0.05, 0) is 66.3 Å². The summed E-state index contributed by atoms with van der Waals surface area (Å²) in [5.41, 5.74) is 2.81. The summed E-state index contributed by atoms with van der Waals surface area (Å²) < 4.78 is 27.6. The van der Waals surface area contributed by atoms with Gasteiger partial charge in [-0.1, -0.05) is 38.0 Å². The summed E-state index contributed by atoms with van der Waals surface area (Å²) in [7, 11) is 0. The van der Waals surface area contributed by atoms with E-state index in [0.29, 0.717) is 17.0 Å². The van der Waals surface area contributed by atoms with E-state index < -0.39 is 11.6 Å². The van der Waals surface area contributed by atoms with Crippen LogP contribution in [0.4, 0.5) is 8.78 Å². The van der Waals surface area contributed by atoms with Crippen molar-refractivity contribution >= 4 is 5.78 Å². The standard InChI is InChI=1S/C22H22F2O/c1-2-3-13-4-6-14(7-5-13)15-8-9-16-17-10-11-19(23)21(24)20(17)22(25)18(16)12-15/h8-14H,2-7H2,1H3/t13-,14-. The normalized spacial score (nSPS) is 22.0. The molecule has 1 saturated carbocycles. The lowest BCUT2D eigenvalue weighted by Gasteiger charge is -2.28. The maximum absolute atomic E-state index is 14.1. The van der Waals surface area contributed by atoms with E-state index in [2.05, 4.69) is 13.0 Å². The Kier molecular flexibility index (Phi) is 4.18. The Bertz CT molecular complexity index is 832. The van der Waals surface area contributed by atoms with Crippen molar-refractivity contribution in [2.75, 3.05) is 0 Å². The van der Waals surface area contributed by atoms with Crippen molar-refractivity contribution in [1.82, 2.24) is 0 Å². The van der Waals surface area contributed by atoms with Gasteiger partial charge in [-0.25, -0.2) is 8.78 Å². The summed E-state index contributed by atoms with van der Waals surface area (Å²) in [4.78, 5) is 12.6. The van der Waals surface area contributed by atoms with Gasteiger partial charge in [-0.3, -0.25) is 4.79 Å². The van der Waals surface area contributed by atoms with E-state index in [1.54, 1.807) is 0 Å². The molecule has 0 radical (unpaired) electrons. The van der Waals surface area contributed by atoms with Gasteiger partial charge in [0, 0.05) is 5.56 Å². The molecule has 0 atom stereocenters. The number of carbonyl (C=O) groups excluding carboxylic acids is 1. The molecule has 0 spiro atoms. The van der Waals surface area contributed by atoms with Crippen LogP contribution in [0.5, 0.6) is 0 Å². The fourth-order valence-corrected chi connectivity index (χ4v) is 4.56. The van der Waals surface area contributed by atoms with Crippen LogP contribution in [0.1, 0.15) is 72.9 Å². The first-order chi connectivity index (χ1) is 12.1. The quantitative estimate of drug-likeness (QED) is 0.551. The zero-order valence-electron chi connectivity index (χ0n) is 14.4. The summed E-state index contributed by atoms with van der Waals surface area (Å²) >= 11 is 0. The maximum atomic E-state index is 14.1. The first kappa shape index (κ1) is 16.4. The molecule has 130 valence electrons. The van der Waals surface area contributed by atoms with Crippen molar-refractivity contribution < 1.29 is 13.6 Å². The van der Waals surface area contributed by atoms with Gasteiger partial charge in [0.05, 0.1) is 5.56 Å². The molecule has 0 aliphatic heterocycles. The van der Waals surface area contributed by atoms with Crippen molar-refractivity contribution in [3.63, 3.8) is 0 Å². The predicted molar refractivity (Wildman–Crippen MR) is 94.8 cm³/mol. The highest BCUT2D eigenvalue weighted by atomic mass is 19.2. The lowest BCUT2D eigenvalue weighted by atomic mass is 9.77. The number of hydrogen-bond acceptors (Lipinski definition) is 1. The Morgan fingerprint density at radius 1 is 0.960 bits per heavy atom. The molecule has 3 heteroatoms. The number of hydrogen-bond donors (Lipinski definition) is 0. The first-order valence-electron chi connectivity index (χ1n) is 9.27. The number of ketones is 1. The largest absolute Gasteiger partial charge is 0.288 e. The highest BCUT2D eigenvalue weighted by molar-refractivity contribution is 6.21. The minimum absolute atomic E-state index is 0.112. The van der Waals surface area contributed by atoms with Crippen molar-refractivity contribution in [3.05, 3.63) is 58.7 Å². The molecule has 0 aromatic heterocycles. The smallest absolute Gasteiger partial charge is 0.197 e. The average Bonchev–Trinajstić information content (AvgIpc) is 2.92. The molecule has 25 heavy (non-hydrogen) atoms. The average molecular weight is 340 g/mol. The van der Waals surface area contributed by atoms with Gasteiger partial charge in [-0.15, -0.1) is 0 Å². The second kappa shape index (κ2) is 6.36. The zero-order valence-corrected chi connectivity index (χ0v) is 14.4. The summed E-state index contributed by atoms with van der Waals surface area (Å²) in [5, 5.41) is 0. The van der Waals surface area contributed by atoms with E-state index >= 15 is 0 Å². The molecule has 0 unspecified atom stereocenters. The lowest BCUT2D eigenvalue weighted by molar-refractivity contribution is 0.103. The van der Waals surface area contributed by atoms with Crippen molar-refractivity contribution in [3.8, 4) is 11.1 Å². The molecular formula is C22H22F2O. The van der Waals surface area contributed by atoms with E-state index in [0.717, 1.165) is 36.0 Å². The topological polar surface area (TPSA) is 17.1 Å². The first-order valence-corrected chi connectivity index (χ1v) is 9.27. The highest BCUT2D eigenvalue weighted by Gasteiger charge is 2.32. The van der Waals surface area contributed by atoms with Crippen LogP contribution in [0.3, 0.4) is 0 Å². The lowest BCUT2D eigenvalue weighted by Crippen LogP contribution is -2.13. The van der Waals surface area contributed by atoms with Crippen LogP contribution < -0.4 is 0 Å².